The van der Waals surface area contributed by atoms with Gasteiger partial charge < -0.3 is 14.8 Å². The fourth-order valence-corrected chi connectivity index (χ4v) is 4.74. The van der Waals surface area contributed by atoms with E-state index in [1.54, 1.807) is 0 Å². The fourth-order valence-electron chi connectivity index (χ4n) is 2.60. The van der Waals surface area contributed by atoms with E-state index in [2.05, 4.69) is 5.32 Å². The van der Waals surface area contributed by atoms with Crippen molar-refractivity contribution in [2.75, 3.05) is 43.3 Å². The molecule has 1 amide bonds. The molecule has 1 N–H and O–H groups in total. The number of rotatable bonds is 7. The first-order valence-corrected chi connectivity index (χ1v) is 10.4. The van der Waals surface area contributed by atoms with Gasteiger partial charge in [0.2, 0.25) is 5.91 Å². The monoisotopic (exact) mass is 337 g/mol. The van der Waals surface area contributed by atoms with Gasteiger partial charge in [0.1, 0.15) is 15.4 Å². The molecule has 0 saturated carbocycles. The van der Waals surface area contributed by atoms with Crippen molar-refractivity contribution in [2.45, 2.75) is 30.9 Å². The van der Waals surface area contributed by atoms with E-state index in [0.29, 0.717) is 5.75 Å². The van der Waals surface area contributed by atoms with Gasteiger partial charge in [0.25, 0.3) is 0 Å². The van der Waals surface area contributed by atoms with Crippen molar-refractivity contribution in [1.82, 2.24) is 5.32 Å². The molecular formula is C13H23NO5S2. The number of carbonyl (C=O) groups excluding carboxylic acids is 1. The van der Waals surface area contributed by atoms with Crippen LogP contribution in [0.3, 0.4) is 0 Å². The normalized spacial score (nSPS) is 25.1. The standard InChI is InChI=1S/C13H23NO5S2/c1-21(16,17)10-13(8-18-9-13)14-12(15)7-20-6-11-4-2-3-5-19-11/h11H,2-10H2,1H3,(H,14,15). The van der Waals surface area contributed by atoms with Gasteiger partial charge in [-0.2, -0.15) is 0 Å². The van der Waals surface area contributed by atoms with Gasteiger partial charge in [-0.15, -0.1) is 11.8 Å². The Labute approximate surface area is 130 Å². The first-order chi connectivity index (χ1) is 9.89. The van der Waals surface area contributed by atoms with E-state index in [-0.39, 0.29) is 31.0 Å². The Kier molecular flexibility index (Phi) is 5.93. The van der Waals surface area contributed by atoms with Gasteiger partial charge in [-0.05, 0) is 19.3 Å². The number of nitrogens with one attached hydrogen (secondary N) is 1. The maximum atomic E-state index is 12.0. The van der Waals surface area contributed by atoms with Gasteiger partial charge in [0, 0.05) is 18.6 Å². The summed E-state index contributed by atoms with van der Waals surface area (Å²) in [7, 11) is -3.15. The van der Waals surface area contributed by atoms with E-state index in [1.807, 2.05) is 0 Å². The van der Waals surface area contributed by atoms with Crippen molar-refractivity contribution in [1.29, 1.82) is 0 Å². The summed E-state index contributed by atoms with van der Waals surface area (Å²) in [5.74, 6) is 0.930. The number of sulfone groups is 1. The number of thioether (sulfide) groups is 1. The minimum absolute atomic E-state index is 0.0673. The van der Waals surface area contributed by atoms with E-state index in [0.717, 1.165) is 25.2 Å². The highest BCUT2D eigenvalue weighted by molar-refractivity contribution is 8.00. The SMILES string of the molecule is CS(=O)(=O)CC1(NC(=O)CSCC2CCCCO2)COC1. The molecule has 8 heteroatoms. The van der Waals surface area contributed by atoms with Crippen molar-refractivity contribution >= 4 is 27.5 Å². The van der Waals surface area contributed by atoms with Gasteiger partial charge in [-0.25, -0.2) is 8.42 Å². The third-order valence-corrected chi connectivity index (χ3v) is 5.66. The summed E-state index contributed by atoms with van der Waals surface area (Å²) in [5, 5.41) is 2.82. The summed E-state index contributed by atoms with van der Waals surface area (Å²) in [4.78, 5) is 12.0. The first kappa shape index (κ1) is 17.1. The Morgan fingerprint density at radius 1 is 1.38 bits per heavy atom. The van der Waals surface area contributed by atoms with Crippen LogP contribution in [0.15, 0.2) is 0 Å². The van der Waals surface area contributed by atoms with E-state index in [1.165, 1.54) is 24.4 Å². The third kappa shape index (κ3) is 5.77. The molecule has 6 nitrogen and oxygen atoms in total. The van der Waals surface area contributed by atoms with Crippen LogP contribution in [0.1, 0.15) is 19.3 Å². The van der Waals surface area contributed by atoms with E-state index in [4.69, 9.17) is 9.47 Å². The van der Waals surface area contributed by atoms with E-state index >= 15 is 0 Å². The Morgan fingerprint density at radius 3 is 2.67 bits per heavy atom. The summed E-state index contributed by atoms with van der Waals surface area (Å²) in [6.07, 6.45) is 4.78. The Hall–Kier alpha value is -0.310. The van der Waals surface area contributed by atoms with E-state index in [9.17, 15) is 13.2 Å². The van der Waals surface area contributed by atoms with Crippen LogP contribution < -0.4 is 5.32 Å². The van der Waals surface area contributed by atoms with Crippen LogP contribution in [-0.2, 0) is 24.1 Å². The number of amides is 1. The molecule has 2 heterocycles. The van der Waals surface area contributed by atoms with Gasteiger partial charge in [-0.3, -0.25) is 4.79 Å². The summed E-state index contributed by atoms with van der Waals surface area (Å²) in [6.45, 7) is 1.34. The van der Waals surface area contributed by atoms with Crippen LogP contribution in [0.4, 0.5) is 0 Å². The predicted octanol–water partition coefficient (Wildman–Crippen LogP) is 0.219. The molecule has 2 saturated heterocycles. The topological polar surface area (TPSA) is 81.7 Å². The third-order valence-electron chi connectivity index (χ3n) is 3.51. The average molecular weight is 337 g/mol. The highest BCUT2D eigenvalue weighted by atomic mass is 32.2. The molecule has 0 radical (unpaired) electrons. The lowest BCUT2D eigenvalue weighted by atomic mass is 10.0. The van der Waals surface area contributed by atoms with Crippen LogP contribution in [0, 0.1) is 0 Å². The Bertz CT molecular complexity index is 455. The van der Waals surface area contributed by atoms with E-state index < -0.39 is 15.4 Å². The number of carbonyl (C=O) groups is 1. The van der Waals surface area contributed by atoms with Gasteiger partial charge in [-0.1, -0.05) is 0 Å². The zero-order valence-electron chi connectivity index (χ0n) is 12.3. The largest absolute Gasteiger partial charge is 0.377 e. The van der Waals surface area contributed by atoms with Crippen LogP contribution in [0.5, 0.6) is 0 Å². The molecule has 21 heavy (non-hydrogen) atoms. The number of hydrogen-bond acceptors (Lipinski definition) is 6. The molecule has 0 aliphatic carbocycles. The van der Waals surface area contributed by atoms with Crippen molar-refractivity contribution in [3.63, 3.8) is 0 Å². The second kappa shape index (κ2) is 7.30. The lowest BCUT2D eigenvalue weighted by Gasteiger charge is -2.41. The molecule has 2 aliphatic rings. The Morgan fingerprint density at radius 2 is 2.14 bits per heavy atom. The van der Waals surface area contributed by atoms with Crippen molar-refractivity contribution < 1.29 is 22.7 Å². The lowest BCUT2D eigenvalue weighted by Crippen LogP contribution is -2.66. The zero-order chi connectivity index (χ0) is 15.3. The van der Waals surface area contributed by atoms with Crippen LogP contribution in [0.25, 0.3) is 0 Å². The molecule has 0 aromatic carbocycles. The fraction of sp³-hybridized carbons (Fsp3) is 0.923. The first-order valence-electron chi connectivity index (χ1n) is 7.14. The second-order valence-electron chi connectivity index (χ2n) is 5.90. The smallest absolute Gasteiger partial charge is 0.230 e. The maximum Gasteiger partial charge on any atom is 0.230 e. The van der Waals surface area contributed by atoms with Crippen LogP contribution in [0.2, 0.25) is 0 Å². The molecule has 1 unspecified atom stereocenters. The molecule has 2 aliphatic heterocycles. The van der Waals surface area contributed by atoms with Crippen LogP contribution in [-0.4, -0.2) is 69.3 Å². The summed E-state index contributed by atoms with van der Waals surface area (Å²) >= 11 is 1.53. The van der Waals surface area contributed by atoms with Gasteiger partial charge in [0.15, 0.2) is 0 Å². The molecule has 0 aromatic heterocycles. The summed E-state index contributed by atoms with van der Waals surface area (Å²) < 4.78 is 33.5. The molecule has 0 aromatic rings. The highest BCUT2D eigenvalue weighted by Gasteiger charge is 2.42. The second-order valence-corrected chi connectivity index (χ2v) is 9.07. The molecular weight excluding hydrogens is 314 g/mol. The maximum absolute atomic E-state index is 12.0. The zero-order valence-corrected chi connectivity index (χ0v) is 13.9. The minimum atomic E-state index is -3.15. The number of ether oxygens (including phenoxy) is 2. The van der Waals surface area contributed by atoms with Gasteiger partial charge >= 0.3 is 0 Å². The molecule has 0 spiro atoms. The quantitative estimate of drug-likeness (QED) is 0.716. The Balaban J connectivity index is 1.70. The van der Waals surface area contributed by atoms with Crippen molar-refractivity contribution in [3.8, 4) is 0 Å². The number of hydrogen-bond donors (Lipinski definition) is 1. The molecule has 2 fully saturated rings. The van der Waals surface area contributed by atoms with Crippen molar-refractivity contribution in [3.05, 3.63) is 0 Å². The predicted molar refractivity (Wildman–Crippen MR) is 82.3 cm³/mol. The molecule has 1 atom stereocenters. The van der Waals surface area contributed by atoms with Crippen molar-refractivity contribution in [2.24, 2.45) is 0 Å². The minimum Gasteiger partial charge on any atom is -0.377 e. The van der Waals surface area contributed by atoms with Crippen LogP contribution >= 0.6 is 11.8 Å². The van der Waals surface area contributed by atoms with Gasteiger partial charge in [0.05, 0.1) is 30.8 Å². The highest BCUT2D eigenvalue weighted by Crippen LogP contribution is 2.20. The molecule has 0 bridgehead atoms. The molecule has 122 valence electrons. The summed E-state index contributed by atoms with van der Waals surface area (Å²) in [5.41, 5.74) is -0.730. The summed E-state index contributed by atoms with van der Waals surface area (Å²) in [6, 6.07) is 0. The lowest BCUT2D eigenvalue weighted by molar-refractivity contribution is -0.128. The molecule has 2 rings (SSSR count). The average Bonchev–Trinajstić information content (AvgIpc) is 2.36.